The Labute approximate surface area is 306 Å². The first-order chi connectivity index (χ1) is 26.3. The Kier molecular flexibility index (Phi) is 7.36. The van der Waals surface area contributed by atoms with Crippen LogP contribution in [0, 0.1) is 0 Å². The lowest BCUT2D eigenvalue weighted by Crippen LogP contribution is -2.12. The van der Waals surface area contributed by atoms with Crippen LogP contribution in [0.15, 0.2) is 194 Å². The Morgan fingerprint density at radius 3 is 1.25 bits per heavy atom. The van der Waals surface area contributed by atoms with Crippen LogP contribution in [0.1, 0.15) is 0 Å². The number of aromatic nitrogens is 6. The van der Waals surface area contributed by atoms with Crippen molar-refractivity contribution in [2.45, 2.75) is 0 Å². The van der Waals surface area contributed by atoms with Crippen LogP contribution in [-0.4, -0.2) is 28.9 Å². The van der Waals surface area contributed by atoms with Gasteiger partial charge in [-0.15, -0.1) is 10.2 Å². The zero-order valence-electron chi connectivity index (χ0n) is 28.7. The number of nitrogens with zero attached hydrogens (tertiary/aromatic N) is 6. The van der Waals surface area contributed by atoms with Crippen LogP contribution in [-0.2, 0) is 0 Å². The van der Waals surface area contributed by atoms with Crippen molar-refractivity contribution in [2.75, 3.05) is 0 Å². The molecule has 0 radical (unpaired) electrons. The van der Waals surface area contributed by atoms with Crippen molar-refractivity contribution >= 4 is 21.8 Å². The van der Waals surface area contributed by atoms with Gasteiger partial charge in [-0.3, -0.25) is 9.13 Å². The molecule has 0 bridgehead atoms. The van der Waals surface area contributed by atoms with E-state index in [1.165, 1.54) is 10.8 Å². The number of para-hydroxylation sites is 3. The average molecular weight is 681 g/mol. The van der Waals surface area contributed by atoms with Gasteiger partial charge >= 0.3 is 0 Å². The molecule has 3 heterocycles. The van der Waals surface area contributed by atoms with Gasteiger partial charge in [-0.1, -0.05) is 164 Å². The number of benzene rings is 7. The molecule has 10 aromatic rings. The van der Waals surface area contributed by atoms with Crippen LogP contribution < -0.4 is 0 Å². The summed E-state index contributed by atoms with van der Waals surface area (Å²) >= 11 is 0. The minimum Gasteiger partial charge on any atom is -0.305 e. The van der Waals surface area contributed by atoms with E-state index in [4.69, 9.17) is 15.2 Å². The lowest BCUT2D eigenvalue weighted by atomic mass is 10.1. The largest absolute Gasteiger partial charge is 0.305 e. The van der Waals surface area contributed by atoms with Gasteiger partial charge in [-0.2, -0.15) is 0 Å². The molecule has 6 nitrogen and oxygen atoms in total. The highest BCUT2D eigenvalue weighted by Crippen LogP contribution is 2.42. The van der Waals surface area contributed by atoms with Gasteiger partial charge in [0.05, 0.1) is 40.0 Å². The minimum atomic E-state index is 0.751. The molecule has 0 atom stereocenters. The maximum atomic E-state index is 5.13. The monoisotopic (exact) mass is 680 g/mol. The van der Waals surface area contributed by atoms with Gasteiger partial charge in [0.15, 0.2) is 11.6 Å². The zero-order chi connectivity index (χ0) is 35.1. The molecule has 0 N–H and O–H groups in total. The summed E-state index contributed by atoms with van der Waals surface area (Å²) in [7, 11) is 0. The second-order valence-corrected chi connectivity index (χ2v) is 13.0. The number of hydrogen-bond acceptors (Lipinski definition) is 3. The van der Waals surface area contributed by atoms with E-state index in [-0.39, 0.29) is 0 Å². The Morgan fingerprint density at radius 1 is 0.321 bits per heavy atom. The second kappa shape index (κ2) is 12.8. The first kappa shape index (κ1) is 30.5. The van der Waals surface area contributed by atoms with Gasteiger partial charge in [0.1, 0.15) is 5.82 Å². The molecule has 0 aliphatic rings. The van der Waals surface area contributed by atoms with Crippen molar-refractivity contribution < 1.29 is 0 Å². The smallest absolute Gasteiger partial charge is 0.168 e. The molecule has 0 saturated carbocycles. The lowest BCUT2D eigenvalue weighted by molar-refractivity contribution is 0.991. The van der Waals surface area contributed by atoms with Gasteiger partial charge < -0.3 is 4.57 Å². The predicted molar refractivity (Wildman–Crippen MR) is 215 cm³/mol. The van der Waals surface area contributed by atoms with Gasteiger partial charge in [0.2, 0.25) is 0 Å². The molecule has 10 rings (SSSR count). The molecule has 0 aliphatic heterocycles. The summed E-state index contributed by atoms with van der Waals surface area (Å²) in [6.07, 6.45) is 1.99. The van der Waals surface area contributed by atoms with E-state index in [0.717, 1.165) is 73.5 Å². The van der Waals surface area contributed by atoms with Crippen LogP contribution in [0.25, 0.3) is 84.3 Å². The molecule has 0 unspecified atom stereocenters. The van der Waals surface area contributed by atoms with E-state index in [9.17, 15) is 0 Å². The van der Waals surface area contributed by atoms with Gasteiger partial charge in [-0.25, -0.2) is 4.98 Å². The van der Waals surface area contributed by atoms with Crippen molar-refractivity contribution in [1.29, 1.82) is 0 Å². The van der Waals surface area contributed by atoms with Crippen molar-refractivity contribution in [3.8, 4) is 62.5 Å². The number of fused-ring (bicyclic) bond motifs is 3. The van der Waals surface area contributed by atoms with E-state index in [1.54, 1.807) is 0 Å². The average Bonchev–Trinajstić information content (AvgIpc) is 3.97. The molecule has 6 heteroatoms. The van der Waals surface area contributed by atoms with E-state index in [0.29, 0.717) is 0 Å². The summed E-state index contributed by atoms with van der Waals surface area (Å²) in [6, 6.07) is 65.4. The first-order valence-electron chi connectivity index (χ1n) is 17.7. The molecule has 0 saturated heterocycles. The number of imidazole rings is 1. The summed E-state index contributed by atoms with van der Waals surface area (Å²) < 4.78 is 6.93. The summed E-state index contributed by atoms with van der Waals surface area (Å²) in [4.78, 5) is 5.13. The maximum Gasteiger partial charge on any atom is 0.168 e. The van der Waals surface area contributed by atoms with E-state index < -0.39 is 0 Å². The topological polar surface area (TPSA) is 53.5 Å². The summed E-state index contributed by atoms with van der Waals surface area (Å²) in [5.74, 6) is 2.35. The van der Waals surface area contributed by atoms with Crippen molar-refractivity contribution in [3.63, 3.8) is 0 Å². The van der Waals surface area contributed by atoms with Crippen molar-refractivity contribution in [2.24, 2.45) is 0 Å². The normalized spacial score (nSPS) is 11.4. The third-order valence-corrected chi connectivity index (χ3v) is 9.87. The first-order valence-corrected chi connectivity index (χ1v) is 17.7. The van der Waals surface area contributed by atoms with E-state index in [1.807, 2.05) is 48.7 Å². The maximum absolute atomic E-state index is 5.13. The van der Waals surface area contributed by atoms with E-state index in [2.05, 4.69) is 159 Å². The SMILES string of the molecule is c1ccc(-c2cnc(-c3ccccc3)n2-c2cccc(-n3c(-c4ccccc4)nnc3-c3ccccc3)c2-n2c3ccccc3c3ccccc32)cc1. The fourth-order valence-corrected chi connectivity index (χ4v) is 7.53. The third kappa shape index (κ3) is 5.07. The fraction of sp³-hybridized carbons (Fsp3) is 0. The Bertz CT molecular complexity index is 2560. The van der Waals surface area contributed by atoms with Gasteiger partial charge in [-0.05, 0) is 24.3 Å². The van der Waals surface area contributed by atoms with Crippen LogP contribution in [0.3, 0.4) is 0 Å². The van der Waals surface area contributed by atoms with Crippen LogP contribution >= 0.6 is 0 Å². The highest BCUT2D eigenvalue weighted by molar-refractivity contribution is 6.10. The molecule has 0 aliphatic carbocycles. The summed E-state index contributed by atoms with van der Waals surface area (Å²) in [5, 5.41) is 12.1. The zero-order valence-corrected chi connectivity index (χ0v) is 28.7. The highest BCUT2D eigenvalue weighted by Gasteiger charge is 2.27. The molecule has 0 fully saturated rings. The highest BCUT2D eigenvalue weighted by atomic mass is 15.3. The molecular formula is C47H32N6. The Hall–Kier alpha value is -7.31. The molecule has 7 aromatic carbocycles. The van der Waals surface area contributed by atoms with Gasteiger partial charge in [0.25, 0.3) is 0 Å². The molecule has 0 amide bonds. The fourth-order valence-electron chi connectivity index (χ4n) is 7.53. The Morgan fingerprint density at radius 2 is 0.736 bits per heavy atom. The van der Waals surface area contributed by atoms with E-state index >= 15 is 0 Å². The van der Waals surface area contributed by atoms with Crippen molar-refractivity contribution in [1.82, 2.24) is 28.9 Å². The molecule has 3 aromatic heterocycles. The summed E-state index contributed by atoms with van der Waals surface area (Å²) in [5.41, 5.74) is 10.1. The minimum absolute atomic E-state index is 0.751. The quantitative estimate of drug-likeness (QED) is 0.168. The molecule has 53 heavy (non-hydrogen) atoms. The standard InChI is InChI=1S/C47H32N6/c1-5-18-33(19-6-1)43-32-48-45(34-20-7-2-8-21-34)52(43)41-30-17-31-42(44(41)51-39-28-15-13-26-37(39)38-27-14-16-29-40(38)51)53-46(35-22-9-3-10-23-35)49-50-47(53)36-24-11-4-12-25-36/h1-32H. The van der Waals surface area contributed by atoms with Crippen LogP contribution in [0.5, 0.6) is 0 Å². The second-order valence-electron chi connectivity index (χ2n) is 13.0. The van der Waals surface area contributed by atoms with Crippen LogP contribution in [0.4, 0.5) is 0 Å². The number of hydrogen-bond donors (Lipinski definition) is 0. The van der Waals surface area contributed by atoms with Gasteiger partial charge in [0, 0.05) is 33.0 Å². The predicted octanol–water partition coefficient (Wildman–Crippen LogP) is 11.2. The Balaban J connectivity index is 1.40. The van der Waals surface area contributed by atoms with Crippen molar-refractivity contribution in [3.05, 3.63) is 194 Å². The molecular weight excluding hydrogens is 649 g/mol. The number of rotatable bonds is 7. The lowest BCUT2D eigenvalue weighted by Gasteiger charge is -2.23. The summed E-state index contributed by atoms with van der Waals surface area (Å²) in [6.45, 7) is 0. The van der Waals surface area contributed by atoms with Crippen LogP contribution in [0.2, 0.25) is 0 Å². The molecule has 250 valence electrons. The third-order valence-electron chi connectivity index (χ3n) is 9.87. The molecule has 0 spiro atoms.